The summed E-state index contributed by atoms with van der Waals surface area (Å²) in [5.74, 6) is -1.79. The lowest BCUT2D eigenvalue weighted by Crippen LogP contribution is -2.31. The van der Waals surface area contributed by atoms with Crippen LogP contribution in [0.25, 0.3) is 0 Å². The first-order valence-electron chi connectivity index (χ1n) is 8.58. The Kier molecular flexibility index (Phi) is 4.52. The second-order valence-corrected chi connectivity index (χ2v) is 7.47. The van der Waals surface area contributed by atoms with Crippen LogP contribution in [-0.4, -0.2) is 32.0 Å². The number of rotatable bonds is 5. The second-order valence-electron chi connectivity index (χ2n) is 6.48. The second kappa shape index (κ2) is 7.01. The molecule has 0 aromatic carbocycles. The Hall–Kier alpha value is -3.33. The molecule has 0 unspecified atom stereocenters. The monoisotopic (exact) mass is 396 g/mol. The lowest BCUT2D eigenvalue weighted by Gasteiger charge is -2.22. The van der Waals surface area contributed by atoms with E-state index in [1.807, 2.05) is 13.8 Å². The van der Waals surface area contributed by atoms with E-state index < -0.39 is 23.5 Å². The third kappa shape index (κ3) is 2.89. The average molecular weight is 396 g/mol. The fourth-order valence-electron chi connectivity index (χ4n) is 2.95. The van der Waals surface area contributed by atoms with Gasteiger partial charge in [-0.1, -0.05) is 31.3 Å². The summed E-state index contributed by atoms with van der Waals surface area (Å²) in [6.07, 6.45) is 2.91. The first-order chi connectivity index (χ1) is 13.5. The number of ketones is 1. The molecule has 0 bridgehead atoms. The summed E-state index contributed by atoms with van der Waals surface area (Å²) in [4.78, 5) is 31.4. The molecule has 1 aliphatic rings. The number of hydrogen-bond acceptors (Lipinski definition) is 8. The van der Waals surface area contributed by atoms with E-state index >= 15 is 0 Å². The van der Waals surface area contributed by atoms with Crippen molar-refractivity contribution in [3.63, 3.8) is 0 Å². The predicted octanol–water partition coefficient (Wildman–Crippen LogP) is 3.43. The molecule has 0 saturated heterocycles. The van der Waals surface area contributed by atoms with E-state index in [1.165, 1.54) is 28.6 Å². The summed E-state index contributed by atoms with van der Waals surface area (Å²) in [6.45, 7) is 3.93. The number of pyridine rings is 1. The third-order valence-corrected chi connectivity index (χ3v) is 5.52. The van der Waals surface area contributed by atoms with E-state index in [0.717, 1.165) is 5.01 Å². The van der Waals surface area contributed by atoms with E-state index in [1.54, 1.807) is 30.5 Å². The molecule has 9 heteroatoms. The van der Waals surface area contributed by atoms with Crippen molar-refractivity contribution in [2.75, 3.05) is 4.90 Å². The van der Waals surface area contributed by atoms with Crippen LogP contribution in [0.2, 0.25) is 0 Å². The number of furan rings is 1. The molecule has 3 aromatic rings. The quantitative estimate of drug-likeness (QED) is 0.658. The fraction of sp³-hybridized carbons (Fsp3) is 0.211. The Balaban J connectivity index is 1.85. The van der Waals surface area contributed by atoms with Crippen molar-refractivity contribution in [2.45, 2.75) is 25.8 Å². The standard InChI is InChI=1S/C19H16N4O4S/c1-10(2)17-21-22-19(28-17)23-14(11-6-3-4-8-20-11)13(16(25)18(23)26)15(24)12-7-5-9-27-12/h3-10,14,25H,1-2H3/t14-/m0/s1. The summed E-state index contributed by atoms with van der Waals surface area (Å²) in [5.41, 5.74) is 0.330. The number of aliphatic hydroxyl groups excluding tert-OH is 1. The average Bonchev–Trinajstić information content (AvgIpc) is 3.43. The van der Waals surface area contributed by atoms with Gasteiger partial charge in [0.05, 0.1) is 17.5 Å². The van der Waals surface area contributed by atoms with E-state index in [2.05, 4.69) is 15.2 Å². The summed E-state index contributed by atoms with van der Waals surface area (Å²) < 4.78 is 5.18. The smallest absolute Gasteiger partial charge is 0.296 e. The number of aliphatic hydroxyl groups is 1. The van der Waals surface area contributed by atoms with Gasteiger partial charge in [0, 0.05) is 12.1 Å². The molecule has 0 radical (unpaired) electrons. The normalized spacial score (nSPS) is 17.0. The molecule has 3 aromatic heterocycles. The van der Waals surface area contributed by atoms with E-state index in [0.29, 0.717) is 5.69 Å². The highest BCUT2D eigenvalue weighted by atomic mass is 32.1. The number of amides is 1. The molecule has 1 amide bonds. The molecule has 4 heterocycles. The molecule has 4 rings (SSSR count). The molecule has 0 saturated carbocycles. The van der Waals surface area contributed by atoms with Crippen LogP contribution >= 0.6 is 11.3 Å². The molecular weight excluding hydrogens is 380 g/mol. The molecule has 142 valence electrons. The summed E-state index contributed by atoms with van der Waals surface area (Å²) in [7, 11) is 0. The van der Waals surface area contributed by atoms with Crippen LogP contribution in [0.15, 0.2) is 58.5 Å². The zero-order valence-corrected chi connectivity index (χ0v) is 15.9. The number of Topliss-reactive ketones (excluding diaryl/α,β-unsaturated/α-hetero) is 1. The molecule has 0 spiro atoms. The van der Waals surface area contributed by atoms with Crippen molar-refractivity contribution in [1.29, 1.82) is 0 Å². The van der Waals surface area contributed by atoms with Gasteiger partial charge < -0.3 is 9.52 Å². The van der Waals surface area contributed by atoms with Gasteiger partial charge in [-0.2, -0.15) is 0 Å². The van der Waals surface area contributed by atoms with Crippen LogP contribution in [0.5, 0.6) is 0 Å². The molecular formula is C19H16N4O4S. The van der Waals surface area contributed by atoms with E-state index in [9.17, 15) is 14.7 Å². The van der Waals surface area contributed by atoms with Crippen molar-refractivity contribution in [1.82, 2.24) is 15.2 Å². The van der Waals surface area contributed by atoms with Gasteiger partial charge in [0.25, 0.3) is 5.91 Å². The van der Waals surface area contributed by atoms with Gasteiger partial charge in [-0.05, 0) is 24.3 Å². The highest BCUT2D eigenvalue weighted by Gasteiger charge is 2.47. The molecule has 0 fully saturated rings. The Labute approximate surface area is 164 Å². The van der Waals surface area contributed by atoms with Crippen molar-refractivity contribution >= 4 is 28.2 Å². The van der Waals surface area contributed by atoms with Gasteiger partial charge in [-0.25, -0.2) is 0 Å². The lowest BCUT2D eigenvalue weighted by molar-refractivity contribution is -0.117. The van der Waals surface area contributed by atoms with Gasteiger partial charge in [-0.3, -0.25) is 19.5 Å². The molecule has 1 aliphatic heterocycles. The van der Waals surface area contributed by atoms with Crippen molar-refractivity contribution in [3.8, 4) is 0 Å². The Morgan fingerprint density at radius 3 is 2.68 bits per heavy atom. The molecule has 1 atom stereocenters. The number of aromatic nitrogens is 3. The molecule has 28 heavy (non-hydrogen) atoms. The predicted molar refractivity (Wildman–Crippen MR) is 101 cm³/mol. The first-order valence-corrected chi connectivity index (χ1v) is 9.40. The van der Waals surface area contributed by atoms with E-state index in [4.69, 9.17) is 4.42 Å². The number of carbonyl (C=O) groups is 2. The number of hydrogen-bond donors (Lipinski definition) is 1. The van der Waals surface area contributed by atoms with Crippen LogP contribution in [0.4, 0.5) is 5.13 Å². The maximum Gasteiger partial charge on any atom is 0.296 e. The fourth-order valence-corrected chi connectivity index (χ4v) is 3.82. The molecule has 8 nitrogen and oxygen atoms in total. The minimum Gasteiger partial charge on any atom is -0.503 e. The maximum atomic E-state index is 13.0. The third-order valence-electron chi connectivity index (χ3n) is 4.30. The minimum atomic E-state index is -0.931. The number of nitrogens with zero attached hydrogens (tertiary/aromatic N) is 4. The van der Waals surface area contributed by atoms with Gasteiger partial charge in [0.2, 0.25) is 10.9 Å². The van der Waals surface area contributed by atoms with Crippen LogP contribution in [0.1, 0.15) is 47.1 Å². The SMILES string of the molecule is CC(C)c1nnc(N2C(=O)C(O)=C(C(=O)c3ccco3)[C@@H]2c2ccccn2)s1. The topological polar surface area (TPSA) is 109 Å². The number of carbonyl (C=O) groups excluding carboxylic acids is 2. The van der Waals surface area contributed by atoms with Gasteiger partial charge in [0.15, 0.2) is 11.5 Å². The van der Waals surface area contributed by atoms with Crippen LogP contribution in [-0.2, 0) is 4.79 Å². The van der Waals surface area contributed by atoms with Crippen LogP contribution in [0.3, 0.4) is 0 Å². The highest BCUT2D eigenvalue weighted by molar-refractivity contribution is 7.15. The summed E-state index contributed by atoms with van der Waals surface area (Å²) in [6, 6.07) is 7.27. The van der Waals surface area contributed by atoms with Gasteiger partial charge >= 0.3 is 0 Å². The Morgan fingerprint density at radius 2 is 2.07 bits per heavy atom. The zero-order chi connectivity index (χ0) is 19.8. The highest BCUT2D eigenvalue weighted by Crippen LogP contribution is 2.42. The zero-order valence-electron chi connectivity index (χ0n) is 15.1. The lowest BCUT2D eigenvalue weighted by atomic mass is 9.99. The van der Waals surface area contributed by atoms with Crippen molar-refractivity contribution < 1.29 is 19.1 Å². The summed E-state index contributed by atoms with van der Waals surface area (Å²) in [5, 5.41) is 19.8. The molecule has 0 aliphatic carbocycles. The maximum absolute atomic E-state index is 13.0. The van der Waals surface area contributed by atoms with Crippen LogP contribution in [0, 0.1) is 0 Å². The first kappa shape index (κ1) is 18.1. The minimum absolute atomic E-state index is 0.0252. The van der Waals surface area contributed by atoms with Gasteiger partial charge in [0.1, 0.15) is 11.0 Å². The Bertz CT molecular complexity index is 1060. The van der Waals surface area contributed by atoms with Crippen molar-refractivity contribution in [3.05, 3.63) is 70.6 Å². The largest absolute Gasteiger partial charge is 0.503 e. The van der Waals surface area contributed by atoms with Gasteiger partial charge in [-0.15, -0.1) is 10.2 Å². The summed E-state index contributed by atoms with van der Waals surface area (Å²) >= 11 is 1.24. The Morgan fingerprint density at radius 1 is 1.25 bits per heavy atom. The van der Waals surface area contributed by atoms with Crippen molar-refractivity contribution in [2.24, 2.45) is 0 Å². The molecule has 1 N–H and O–H groups in total. The van der Waals surface area contributed by atoms with Crippen LogP contribution < -0.4 is 4.90 Å². The number of anilines is 1. The van der Waals surface area contributed by atoms with E-state index in [-0.39, 0.29) is 22.4 Å².